The average Bonchev–Trinajstić information content (AvgIpc) is 2.27. The molecule has 0 bridgehead atoms. The van der Waals surface area contributed by atoms with Crippen LogP contribution in [0.5, 0.6) is 0 Å². The van der Waals surface area contributed by atoms with Gasteiger partial charge in [-0.2, -0.15) is 5.10 Å². The van der Waals surface area contributed by atoms with Crippen molar-refractivity contribution in [2.24, 2.45) is 7.05 Å². The Bertz CT molecular complexity index is 443. The molecule has 0 amide bonds. The fraction of sp³-hybridized carbons (Fsp3) is 0.375. The highest BCUT2D eigenvalue weighted by molar-refractivity contribution is 7.94. The highest BCUT2D eigenvalue weighted by Crippen LogP contribution is 2.19. The fourth-order valence-electron chi connectivity index (χ4n) is 1.25. The summed E-state index contributed by atoms with van der Waals surface area (Å²) in [5, 5.41) is 4.96. The maximum absolute atomic E-state index is 11.5. The van der Waals surface area contributed by atoms with Crippen molar-refractivity contribution >= 4 is 9.84 Å². The van der Waals surface area contributed by atoms with E-state index in [1.165, 1.54) is 0 Å². The van der Waals surface area contributed by atoms with Gasteiger partial charge in [0.1, 0.15) is 4.90 Å². The normalized spacial score (nSPS) is 11.6. The van der Waals surface area contributed by atoms with Gasteiger partial charge in [-0.3, -0.25) is 4.68 Å². The van der Waals surface area contributed by atoms with Crippen molar-refractivity contribution in [3.63, 3.8) is 0 Å². The van der Waals surface area contributed by atoms with Gasteiger partial charge in [0.15, 0.2) is 0 Å². The van der Waals surface area contributed by atoms with Crippen LogP contribution in [0.25, 0.3) is 0 Å². The molecule has 1 heterocycles. The van der Waals surface area contributed by atoms with Crippen LogP contribution in [0.4, 0.5) is 0 Å². The van der Waals surface area contributed by atoms with E-state index in [1.807, 2.05) is 0 Å². The van der Waals surface area contributed by atoms with Crippen molar-refractivity contribution in [2.75, 3.05) is 0 Å². The van der Waals surface area contributed by atoms with Crippen molar-refractivity contribution < 1.29 is 8.42 Å². The number of rotatable bonds is 2. The van der Waals surface area contributed by atoms with E-state index in [4.69, 9.17) is 0 Å². The molecule has 0 fully saturated rings. The third-order valence-corrected chi connectivity index (χ3v) is 3.55. The van der Waals surface area contributed by atoms with Crippen LogP contribution in [-0.2, 0) is 16.9 Å². The number of hydrogen-bond donors (Lipinski definition) is 0. The predicted octanol–water partition coefficient (Wildman–Crippen LogP) is 0.954. The number of nitrogens with zero attached hydrogens (tertiary/aromatic N) is 2. The number of hydrogen-bond acceptors (Lipinski definition) is 3. The standard InChI is InChI=1S/C8H12N2O2S/c1-5-13(11,12)8-6(2)9-10(4)7(8)3/h5H,1H2,2-4H3. The van der Waals surface area contributed by atoms with Gasteiger partial charge in [-0.05, 0) is 13.8 Å². The number of aryl methyl sites for hydroxylation is 2. The minimum absolute atomic E-state index is 0.269. The van der Waals surface area contributed by atoms with Gasteiger partial charge >= 0.3 is 0 Å². The van der Waals surface area contributed by atoms with Gasteiger partial charge < -0.3 is 0 Å². The summed E-state index contributed by atoms with van der Waals surface area (Å²) in [7, 11) is -1.65. The first kappa shape index (κ1) is 9.98. The minimum Gasteiger partial charge on any atom is -0.271 e. The molecule has 1 rings (SSSR count). The third-order valence-electron chi connectivity index (χ3n) is 1.95. The lowest BCUT2D eigenvalue weighted by Gasteiger charge is -1.97. The highest BCUT2D eigenvalue weighted by Gasteiger charge is 2.20. The van der Waals surface area contributed by atoms with Crippen LogP contribution in [0.3, 0.4) is 0 Å². The third kappa shape index (κ3) is 1.51. The molecule has 0 unspecified atom stereocenters. The maximum Gasteiger partial charge on any atom is 0.202 e. The van der Waals surface area contributed by atoms with E-state index in [-0.39, 0.29) is 4.90 Å². The van der Waals surface area contributed by atoms with E-state index in [0.29, 0.717) is 11.4 Å². The summed E-state index contributed by atoms with van der Waals surface area (Å²) in [6, 6.07) is 0. The SMILES string of the molecule is C=CS(=O)(=O)c1c(C)nn(C)c1C. The maximum atomic E-state index is 11.5. The topological polar surface area (TPSA) is 52.0 Å². The first-order valence-electron chi connectivity index (χ1n) is 3.78. The molecule has 0 aliphatic heterocycles. The Hall–Kier alpha value is -1.10. The van der Waals surface area contributed by atoms with Gasteiger partial charge in [0.2, 0.25) is 9.84 Å². The molecule has 0 aromatic carbocycles. The largest absolute Gasteiger partial charge is 0.271 e. The van der Waals surface area contributed by atoms with E-state index in [0.717, 1.165) is 5.41 Å². The number of sulfone groups is 1. The van der Waals surface area contributed by atoms with Crippen molar-refractivity contribution in [1.82, 2.24) is 9.78 Å². The Balaban J connectivity index is 3.55. The zero-order chi connectivity index (χ0) is 10.2. The van der Waals surface area contributed by atoms with Crippen LogP contribution >= 0.6 is 0 Å². The Morgan fingerprint density at radius 2 is 2.00 bits per heavy atom. The van der Waals surface area contributed by atoms with Crippen LogP contribution in [0.2, 0.25) is 0 Å². The molecule has 5 heteroatoms. The molecule has 0 N–H and O–H groups in total. The second kappa shape index (κ2) is 2.99. The Morgan fingerprint density at radius 1 is 1.46 bits per heavy atom. The first-order valence-corrected chi connectivity index (χ1v) is 5.32. The van der Waals surface area contributed by atoms with E-state index >= 15 is 0 Å². The molecule has 4 nitrogen and oxygen atoms in total. The van der Waals surface area contributed by atoms with E-state index in [1.54, 1.807) is 25.6 Å². The van der Waals surface area contributed by atoms with Crippen molar-refractivity contribution in [3.8, 4) is 0 Å². The molecule has 0 radical (unpaired) electrons. The molecular weight excluding hydrogens is 188 g/mol. The quantitative estimate of drug-likeness (QED) is 0.714. The molecule has 72 valence electrons. The van der Waals surface area contributed by atoms with Crippen LogP contribution < -0.4 is 0 Å². The number of aromatic nitrogens is 2. The summed E-state index contributed by atoms with van der Waals surface area (Å²) in [5.41, 5.74) is 1.15. The average molecular weight is 200 g/mol. The molecule has 0 saturated carbocycles. The van der Waals surface area contributed by atoms with Crippen LogP contribution in [0, 0.1) is 13.8 Å². The van der Waals surface area contributed by atoms with Gasteiger partial charge in [0.25, 0.3) is 0 Å². The lowest BCUT2D eigenvalue weighted by Crippen LogP contribution is -1.99. The molecule has 1 aromatic heterocycles. The van der Waals surface area contributed by atoms with E-state index in [2.05, 4.69) is 11.7 Å². The lowest BCUT2D eigenvalue weighted by molar-refractivity contribution is 0.603. The first-order chi connectivity index (χ1) is 5.90. The fourth-order valence-corrected chi connectivity index (χ4v) is 2.41. The Morgan fingerprint density at radius 3 is 2.31 bits per heavy atom. The second-order valence-corrected chi connectivity index (χ2v) is 4.67. The van der Waals surface area contributed by atoms with Gasteiger partial charge in [-0.15, -0.1) is 0 Å². The van der Waals surface area contributed by atoms with Crippen molar-refractivity contribution in [3.05, 3.63) is 23.4 Å². The summed E-state index contributed by atoms with van der Waals surface area (Å²) < 4.78 is 24.5. The molecule has 13 heavy (non-hydrogen) atoms. The van der Waals surface area contributed by atoms with Gasteiger partial charge in [-0.25, -0.2) is 8.42 Å². The monoisotopic (exact) mass is 200 g/mol. The van der Waals surface area contributed by atoms with Crippen molar-refractivity contribution in [2.45, 2.75) is 18.7 Å². The van der Waals surface area contributed by atoms with Gasteiger partial charge in [-0.1, -0.05) is 6.58 Å². The minimum atomic E-state index is -3.36. The van der Waals surface area contributed by atoms with Crippen LogP contribution in [0.1, 0.15) is 11.4 Å². The molecule has 0 atom stereocenters. The molecule has 0 spiro atoms. The predicted molar refractivity (Wildman–Crippen MR) is 50.1 cm³/mol. The lowest BCUT2D eigenvalue weighted by atomic mass is 10.4. The van der Waals surface area contributed by atoms with E-state index < -0.39 is 9.84 Å². The summed E-state index contributed by atoms with van der Waals surface area (Å²) in [6.07, 6.45) is 0. The van der Waals surface area contributed by atoms with Crippen LogP contribution in [-0.4, -0.2) is 18.2 Å². The zero-order valence-corrected chi connectivity index (χ0v) is 8.72. The second-order valence-electron chi connectivity index (χ2n) is 2.84. The van der Waals surface area contributed by atoms with E-state index in [9.17, 15) is 8.42 Å². The summed E-state index contributed by atoms with van der Waals surface area (Å²) >= 11 is 0. The van der Waals surface area contributed by atoms with Crippen molar-refractivity contribution in [1.29, 1.82) is 0 Å². The summed E-state index contributed by atoms with van der Waals surface area (Å²) in [5.74, 6) is 0. The molecule has 1 aromatic rings. The highest BCUT2D eigenvalue weighted by atomic mass is 32.2. The smallest absolute Gasteiger partial charge is 0.202 e. The molecule has 0 aliphatic rings. The Kier molecular flexibility index (Phi) is 2.30. The van der Waals surface area contributed by atoms with Crippen LogP contribution in [0.15, 0.2) is 16.9 Å². The molecule has 0 aliphatic carbocycles. The zero-order valence-electron chi connectivity index (χ0n) is 7.90. The molecular formula is C8H12N2O2S. The van der Waals surface area contributed by atoms with Gasteiger partial charge in [0.05, 0.1) is 11.4 Å². The summed E-state index contributed by atoms with van der Waals surface area (Å²) in [4.78, 5) is 0.269. The van der Waals surface area contributed by atoms with Gasteiger partial charge in [0, 0.05) is 12.5 Å². The Labute approximate surface area is 77.8 Å². The summed E-state index contributed by atoms with van der Waals surface area (Å²) in [6.45, 7) is 6.66. The molecule has 0 saturated heterocycles.